The number of hydrogen-bond donors (Lipinski definition) is 1. The average molecular weight is 454 g/mol. The van der Waals surface area contributed by atoms with Gasteiger partial charge in [-0.1, -0.05) is 11.6 Å². The summed E-state index contributed by atoms with van der Waals surface area (Å²) in [6, 6.07) is 6.33. The molecule has 21 heavy (non-hydrogen) atoms. The van der Waals surface area contributed by atoms with Gasteiger partial charge in [-0.05, 0) is 56.1 Å². The first-order chi connectivity index (χ1) is 9.92. The SMILES string of the molecule is COC(=O)c1cc(NC(=O)c2cc(Br)c(Br)s2)ccc1Cl. The van der Waals surface area contributed by atoms with E-state index in [2.05, 4.69) is 41.9 Å². The minimum Gasteiger partial charge on any atom is -0.465 e. The van der Waals surface area contributed by atoms with E-state index < -0.39 is 5.97 Å². The molecular weight excluding hydrogens is 445 g/mol. The number of carbonyl (C=O) groups excluding carboxylic acids is 2. The second-order valence-electron chi connectivity index (χ2n) is 3.87. The van der Waals surface area contributed by atoms with Crippen LogP contribution in [0.15, 0.2) is 32.5 Å². The van der Waals surface area contributed by atoms with Gasteiger partial charge in [0.2, 0.25) is 0 Å². The van der Waals surface area contributed by atoms with Gasteiger partial charge in [-0.3, -0.25) is 4.79 Å². The van der Waals surface area contributed by atoms with E-state index in [1.165, 1.54) is 30.6 Å². The smallest absolute Gasteiger partial charge is 0.339 e. The summed E-state index contributed by atoms with van der Waals surface area (Å²) >= 11 is 13.9. The summed E-state index contributed by atoms with van der Waals surface area (Å²) < 4.78 is 6.28. The van der Waals surface area contributed by atoms with E-state index in [9.17, 15) is 9.59 Å². The molecule has 0 spiro atoms. The number of carbonyl (C=O) groups is 2. The summed E-state index contributed by atoms with van der Waals surface area (Å²) in [6.07, 6.45) is 0. The Labute approximate surface area is 146 Å². The normalized spacial score (nSPS) is 10.3. The molecule has 1 N–H and O–H groups in total. The highest BCUT2D eigenvalue weighted by molar-refractivity contribution is 9.13. The monoisotopic (exact) mass is 451 g/mol. The third-order valence-corrected chi connectivity index (χ3v) is 6.08. The summed E-state index contributed by atoms with van der Waals surface area (Å²) in [4.78, 5) is 24.2. The van der Waals surface area contributed by atoms with Crippen LogP contribution in [0.4, 0.5) is 5.69 Å². The van der Waals surface area contributed by atoms with Crippen molar-refractivity contribution in [3.63, 3.8) is 0 Å². The van der Waals surface area contributed by atoms with Gasteiger partial charge in [0.15, 0.2) is 0 Å². The summed E-state index contributed by atoms with van der Waals surface area (Å²) in [6.45, 7) is 0. The molecule has 1 heterocycles. The van der Waals surface area contributed by atoms with Crippen LogP contribution in [0.3, 0.4) is 0 Å². The quantitative estimate of drug-likeness (QED) is 0.668. The number of benzene rings is 1. The lowest BCUT2D eigenvalue weighted by atomic mass is 10.2. The van der Waals surface area contributed by atoms with Crippen molar-refractivity contribution in [1.82, 2.24) is 0 Å². The van der Waals surface area contributed by atoms with Crippen molar-refractivity contribution in [1.29, 1.82) is 0 Å². The molecule has 0 fully saturated rings. The summed E-state index contributed by atoms with van der Waals surface area (Å²) in [5.41, 5.74) is 0.663. The Morgan fingerprint density at radius 3 is 2.57 bits per heavy atom. The molecule has 1 aromatic carbocycles. The molecule has 0 atom stereocenters. The molecule has 1 amide bonds. The standard InChI is InChI=1S/C13H8Br2ClNO3S/c1-20-13(19)7-4-6(2-3-9(7)16)17-12(18)10-5-8(14)11(15)21-10/h2-5H,1H3,(H,17,18). The molecule has 0 aliphatic heterocycles. The van der Waals surface area contributed by atoms with E-state index >= 15 is 0 Å². The zero-order valence-corrected chi connectivity index (χ0v) is 15.3. The van der Waals surface area contributed by atoms with E-state index in [1.807, 2.05) is 0 Å². The zero-order valence-electron chi connectivity index (χ0n) is 10.6. The first-order valence-electron chi connectivity index (χ1n) is 5.56. The van der Waals surface area contributed by atoms with E-state index in [1.54, 1.807) is 12.1 Å². The largest absolute Gasteiger partial charge is 0.465 e. The van der Waals surface area contributed by atoms with Crippen LogP contribution in [0, 0.1) is 0 Å². The van der Waals surface area contributed by atoms with Gasteiger partial charge in [-0.15, -0.1) is 11.3 Å². The van der Waals surface area contributed by atoms with Gasteiger partial charge in [-0.25, -0.2) is 4.79 Å². The predicted octanol–water partition coefficient (Wildman–Crippen LogP) is 4.97. The first-order valence-corrected chi connectivity index (χ1v) is 8.34. The lowest BCUT2D eigenvalue weighted by molar-refractivity contribution is 0.0600. The molecule has 8 heteroatoms. The van der Waals surface area contributed by atoms with Gasteiger partial charge in [0.1, 0.15) is 0 Å². The van der Waals surface area contributed by atoms with Crippen LogP contribution in [0.1, 0.15) is 20.0 Å². The number of thiophene rings is 1. The minimum absolute atomic E-state index is 0.200. The van der Waals surface area contributed by atoms with Crippen molar-refractivity contribution in [2.24, 2.45) is 0 Å². The van der Waals surface area contributed by atoms with Gasteiger partial charge >= 0.3 is 5.97 Å². The van der Waals surface area contributed by atoms with E-state index in [0.29, 0.717) is 10.6 Å². The Morgan fingerprint density at radius 1 is 1.29 bits per heavy atom. The number of methoxy groups -OCH3 is 1. The molecule has 0 saturated carbocycles. The Bertz CT molecular complexity index is 698. The fourth-order valence-electron chi connectivity index (χ4n) is 1.52. The molecule has 110 valence electrons. The number of amides is 1. The molecule has 0 radical (unpaired) electrons. The number of esters is 1. The molecule has 0 aliphatic rings. The topological polar surface area (TPSA) is 55.4 Å². The molecular formula is C13H8Br2ClNO3S. The van der Waals surface area contributed by atoms with Gasteiger partial charge in [0, 0.05) is 10.2 Å². The summed E-state index contributed by atoms with van der Waals surface area (Å²) in [7, 11) is 1.27. The number of rotatable bonds is 3. The van der Waals surface area contributed by atoms with Gasteiger partial charge in [0.25, 0.3) is 5.91 Å². The number of anilines is 1. The number of hydrogen-bond acceptors (Lipinski definition) is 4. The van der Waals surface area contributed by atoms with E-state index in [4.69, 9.17) is 11.6 Å². The Hall–Kier alpha value is -0.890. The number of halogens is 3. The van der Waals surface area contributed by atoms with Crippen LogP contribution in [0.25, 0.3) is 0 Å². The van der Waals surface area contributed by atoms with E-state index in [0.717, 1.165) is 8.26 Å². The fraction of sp³-hybridized carbons (Fsp3) is 0.0769. The molecule has 0 bridgehead atoms. The Kier molecular flexibility index (Phi) is 5.43. The second kappa shape index (κ2) is 6.91. The lowest BCUT2D eigenvalue weighted by Crippen LogP contribution is -2.11. The molecule has 2 aromatic rings. The van der Waals surface area contributed by atoms with Crippen molar-refractivity contribution < 1.29 is 14.3 Å². The maximum atomic E-state index is 12.1. The Morgan fingerprint density at radius 2 is 2.00 bits per heavy atom. The Balaban J connectivity index is 2.23. The van der Waals surface area contributed by atoms with E-state index in [-0.39, 0.29) is 16.5 Å². The maximum absolute atomic E-state index is 12.1. The zero-order chi connectivity index (χ0) is 15.6. The maximum Gasteiger partial charge on any atom is 0.339 e. The predicted molar refractivity (Wildman–Crippen MR) is 90.5 cm³/mol. The molecule has 1 aromatic heterocycles. The van der Waals surface area contributed by atoms with Crippen LogP contribution in [0.5, 0.6) is 0 Å². The van der Waals surface area contributed by atoms with Crippen LogP contribution in [0.2, 0.25) is 5.02 Å². The third-order valence-electron chi connectivity index (χ3n) is 2.50. The molecule has 0 saturated heterocycles. The summed E-state index contributed by atoms with van der Waals surface area (Å²) in [5, 5.41) is 2.97. The van der Waals surface area contributed by atoms with Crippen LogP contribution in [-0.2, 0) is 4.74 Å². The highest BCUT2D eigenvalue weighted by Gasteiger charge is 2.15. The highest BCUT2D eigenvalue weighted by atomic mass is 79.9. The third kappa shape index (κ3) is 3.85. The van der Waals surface area contributed by atoms with Crippen LogP contribution in [-0.4, -0.2) is 19.0 Å². The van der Waals surface area contributed by atoms with Crippen LogP contribution < -0.4 is 5.32 Å². The minimum atomic E-state index is -0.558. The van der Waals surface area contributed by atoms with Gasteiger partial charge < -0.3 is 10.1 Å². The number of ether oxygens (including phenoxy) is 1. The van der Waals surface area contributed by atoms with Crippen molar-refractivity contribution in [2.45, 2.75) is 0 Å². The van der Waals surface area contributed by atoms with Crippen LogP contribution >= 0.6 is 54.8 Å². The van der Waals surface area contributed by atoms with Crippen molar-refractivity contribution >= 4 is 72.4 Å². The van der Waals surface area contributed by atoms with Crippen molar-refractivity contribution in [3.8, 4) is 0 Å². The lowest BCUT2D eigenvalue weighted by Gasteiger charge is -2.07. The second-order valence-corrected chi connectivity index (χ2v) is 7.50. The van der Waals surface area contributed by atoms with Gasteiger partial charge in [0.05, 0.1) is 26.4 Å². The molecule has 2 rings (SSSR count). The highest BCUT2D eigenvalue weighted by Crippen LogP contribution is 2.33. The summed E-state index contributed by atoms with van der Waals surface area (Å²) in [5.74, 6) is -0.831. The molecule has 0 aliphatic carbocycles. The fourth-order valence-corrected chi connectivity index (χ4v) is 3.65. The van der Waals surface area contributed by atoms with Crippen molar-refractivity contribution in [3.05, 3.63) is 48.0 Å². The van der Waals surface area contributed by atoms with Crippen molar-refractivity contribution in [2.75, 3.05) is 12.4 Å². The average Bonchev–Trinajstić information content (AvgIpc) is 2.80. The first kappa shape index (κ1) is 16.5. The number of nitrogens with one attached hydrogen (secondary N) is 1. The molecule has 4 nitrogen and oxygen atoms in total. The molecule has 0 unspecified atom stereocenters. The van der Waals surface area contributed by atoms with Gasteiger partial charge in [-0.2, -0.15) is 0 Å².